The molecule has 3 rings (SSSR count). The number of hydrogen-bond donors (Lipinski definition) is 2. The van der Waals surface area contributed by atoms with E-state index in [9.17, 15) is 19.8 Å². The summed E-state index contributed by atoms with van der Waals surface area (Å²) in [5, 5.41) is 19.8. The van der Waals surface area contributed by atoms with E-state index in [1.54, 1.807) is 13.0 Å². The summed E-state index contributed by atoms with van der Waals surface area (Å²) in [5.41, 5.74) is 1.86. The Morgan fingerprint density at radius 3 is 2.43 bits per heavy atom. The maximum atomic E-state index is 11.6. The molecule has 5 heteroatoms. The van der Waals surface area contributed by atoms with E-state index >= 15 is 0 Å². The zero-order valence-corrected chi connectivity index (χ0v) is 12.3. The number of benzene rings is 2. The molecule has 0 unspecified atom stereocenters. The van der Waals surface area contributed by atoms with Gasteiger partial charge in [-0.05, 0) is 30.7 Å². The van der Waals surface area contributed by atoms with Gasteiger partial charge >= 0.3 is 11.9 Å². The molecule has 0 aliphatic heterocycles. The van der Waals surface area contributed by atoms with E-state index in [0.29, 0.717) is 11.1 Å². The van der Waals surface area contributed by atoms with Gasteiger partial charge in [0.1, 0.15) is 0 Å². The van der Waals surface area contributed by atoms with Crippen LogP contribution in [0.25, 0.3) is 22.0 Å². The lowest BCUT2D eigenvalue weighted by Gasteiger charge is -2.13. The van der Waals surface area contributed by atoms with E-state index < -0.39 is 11.9 Å². The molecule has 0 fully saturated rings. The van der Waals surface area contributed by atoms with Crippen LogP contribution < -0.4 is 0 Å². The van der Waals surface area contributed by atoms with Gasteiger partial charge in [0.05, 0.1) is 16.6 Å². The first kappa shape index (κ1) is 14.7. The molecule has 1 heterocycles. The van der Waals surface area contributed by atoms with Crippen LogP contribution in [0.5, 0.6) is 0 Å². The van der Waals surface area contributed by atoms with Crippen LogP contribution in [0.15, 0.2) is 48.7 Å². The van der Waals surface area contributed by atoms with Crippen LogP contribution in [0.1, 0.15) is 26.3 Å². The third-order valence-corrected chi connectivity index (χ3v) is 3.74. The highest BCUT2D eigenvalue weighted by molar-refractivity contribution is 6.06. The SMILES string of the molecule is Cc1ccc(C(=O)O)c(-c2cnc3ccccc3c2)c1C(=O)O. The molecule has 2 N–H and O–H groups in total. The van der Waals surface area contributed by atoms with Crippen molar-refractivity contribution in [3.05, 3.63) is 65.4 Å². The Morgan fingerprint density at radius 2 is 1.74 bits per heavy atom. The number of carboxylic acids is 2. The molecule has 114 valence electrons. The van der Waals surface area contributed by atoms with E-state index in [1.807, 2.05) is 24.3 Å². The van der Waals surface area contributed by atoms with Crippen molar-refractivity contribution in [2.45, 2.75) is 6.92 Å². The predicted molar refractivity (Wildman–Crippen MR) is 85.8 cm³/mol. The van der Waals surface area contributed by atoms with Crippen molar-refractivity contribution in [1.82, 2.24) is 4.98 Å². The van der Waals surface area contributed by atoms with Crippen LogP contribution in [0.2, 0.25) is 0 Å². The molecule has 0 aliphatic carbocycles. The Bertz CT molecular complexity index is 947. The first-order valence-electron chi connectivity index (χ1n) is 6.94. The zero-order chi connectivity index (χ0) is 16.6. The molecular weight excluding hydrogens is 294 g/mol. The smallest absolute Gasteiger partial charge is 0.336 e. The summed E-state index contributed by atoms with van der Waals surface area (Å²) in [7, 11) is 0. The average Bonchev–Trinajstić information content (AvgIpc) is 2.53. The summed E-state index contributed by atoms with van der Waals surface area (Å²) < 4.78 is 0. The molecule has 0 aliphatic rings. The molecular formula is C18H13NO4. The van der Waals surface area contributed by atoms with Crippen LogP contribution in [0.4, 0.5) is 0 Å². The number of carbonyl (C=O) groups is 2. The number of rotatable bonds is 3. The van der Waals surface area contributed by atoms with E-state index in [4.69, 9.17) is 0 Å². The van der Waals surface area contributed by atoms with Crippen molar-refractivity contribution in [3.63, 3.8) is 0 Å². The van der Waals surface area contributed by atoms with E-state index in [0.717, 1.165) is 10.9 Å². The van der Waals surface area contributed by atoms with Crippen LogP contribution in [0.3, 0.4) is 0 Å². The number of pyridine rings is 1. The first-order valence-corrected chi connectivity index (χ1v) is 6.94. The van der Waals surface area contributed by atoms with Crippen molar-refractivity contribution >= 4 is 22.8 Å². The zero-order valence-electron chi connectivity index (χ0n) is 12.3. The molecule has 0 spiro atoms. The second-order valence-electron chi connectivity index (χ2n) is 5.21. The third kappa shape index (κ3) is 2.53. The molecule has 0 bridgehead atoms. The number of hydrogen-bond acceptors (Lipinski definition) is 3. The summed E-state index contributed by atoms with van der Waals surface area (Å²) in [6.07, 6.45) is 1.51. The van der Waals surface area contributed by atoms with E-state index in [1.165, 1.54) is 18.3 Å². The fraction of sp³-hybridized carbons (Fsp3) is 0.0556. The molecule has 0 saturated heterocycles. The van der Waals surface area contributed by atoms with Gasteiger partial charge in [-0.1, -0.05) is 24.3 Å². The topological polar surface area (TPSA) is 87.5 Å². The fourth-order valence-corrected chi connectivity index (χ4v) is 2.67. The minimum absolute atomic E-state index is 0.0121. The number of aromatic nitrogens is 1. The molecule has 0 saturated carbocycles. The molecule has 0 radical (unpaired) electrons. The lowest BCUT2D eigenvalue weighted by molar-refractivity contribution is 0.0695. The van der Waals surface area contributed by atoms with E-state index in [2.05, 4.69) is 4.98 Å². The lowest BCUT2D eigenvalue weighted by atomic mass is 9.91. The van der Waals surface area contributed by atoms with Crippen molar-refractivity contribution < 1.29 is 19.8 Å². The van der Waals surface area contributed by atoms with Crippen LogP contribution >= 0.6 is 0 Å². The number of para-hydroxylation sites is 1. The molecule has 3 aromatic rings. The predicted octanol–water partition coefficient (Wildman–Crippen LogP) is 3.61. The molecule has 1 aromatic heterocycles. The van der Waals surface area contributed by atoms with Gasteiger partial charge in [0.15, 0.2) is 0 Å². The quantitative estimate of drug-likeness (QED) is 0.772. The number of nitrogens with zero attached hydrogens (tertiary/aromatic N) is 1. The highest BCUT2D eigenvalue weighted by Gasteiger charge is 2.22. The molecule has 0 atom stereocenters. The Labute approximate surface area is 131 Å². The summed E-state index contributed by atoms with van der Waals surface area (Å²) in [6, 6.07) is 12.1. The highest BCUT2D eigenvalue weighted by Crippen LogP contribution is 2.31. The second kappa shape index (κ2) is 5.53. The minimum Gasteiger partial charge on any atom is -0.478 e. The van der Waals surface area contributed by atoms with E-state index in [-0.39, 0.29) is 16.7 Å². The molecule has 0 amide bonds. The number of carboxylic acid groups (broad SMARTS) is 2. The summed E-state index contributed by atoms with van der Waals surface area (Å²) in [4.78, 5) is 27.5. The number of aryl methyl sites for hydroxylation is 1. The van der Waals surface area contributed by atoms with Crippen molar-refractivity contribution in [1.29, 1.82) is 0 Å². The summed E-state index contributed by atoms with van der Waals surface area (Å²) in [5.74, 6) is -2.33. The Kier molecular flexibility index (Phi) is 3.54. The van der Waals surface area contributed by atoms with Gasteiger partial charge in [0, 0.05) is 22.7 Å². The second-order valence-corrected chi connectivity index (χ2v) is 5.21. The molecule has 23 heavy (non-hydrogen) atoms. The van der Waals surface area contributed by atoms with Gasteiger partial charge in [0.25, 0.3) is 0 Å². The highest BCUT2D eigenvalue weighted by atomic mass is 16.4. The van der Waals surface area contributed by atoms with Gasteiger partial charge < -0.3 is 10.2 Å². The van der Waals surface area contributed by atoms with Crippen LogP contribution in [-0.4, -0.2) is 27.1 Å². The van der Waals surface area contributed by atoms with Gasteiger partial charge in [0.2, 0.25) is 0 Å². The fourth-order valence-electron chi connectivity index (χ4n) is 2.67. The Hall–Kier alpha value is -3.21. The van der Waals surface area contributed by atoms with Crippen molar-refractivity contribution in [2.24, 2.45) is 0 Å². The lowest BCUT2D eigenvalue weighted by Crippen LogP contribution is -2.09. The maximum Gasteiger partial charge on any atom is 0.336 e. The molecule has 5 nitrogen and oxygen atoms in total. The summed E-state index contributed by atoms with van der Waals surface area (Å²) >= 11 is 0. The minimum atomic E-state index is -1.17. The molecule has 2 aromatic carbocycles. The Balaban J connectivity index is 2.37. The number of fused-ring (bicyclic) bond motifs is 1. The maximum absolute atomic E-state index is 11.6. The normalized spacial score (nSPS) is 10.7. The third-order valence-electron chi connectivity index (χ3n) is 3.74. The monoisotopic (exact) mass is 307 g/mol. The van der Waals surface area contributed by atoms with Gasteiger partial charge in [-0.15, -0.1) is 0 Å². The Morgan fingerprint density at radius 1 is 1.00 bits per heavy atom. The van der Waals surface area contributed by atoms with Crippen molar-refractivity contribution in [3.8, 4) is 11.1 Å². The average molecular weight is 307 g/mol. The largest absolute Gasteiger partial charge is 0.478 e. The van der Waals surface area contributed by atoms with Gasteiger partial charge in [-0.3, -0.25) is 4.98 Å². The standard InChI is InChI=1S/C18H13NO4/c1-10-6-7-13(17(20)21)16(15(10)18(22)23)12-8-11-4-2-3-5-14(11)19-9-12/h2-9H,1H3,(H,20,21)(H,22,23). The van der Waals surface area contributed by atoms with Gasteiger partial charge in [-0.2, -0.15) is 0 Å². The van der Waals surface area contributed by atoms with Crippen LogP contribution in [-0.2, 0) is 0 Å². The number of aromatic carboxylic acids is 2. The van der Waals surface area contributed by atoms with Crippen LogP contribution in [0, 0.1) is 6.92 Å². The van der Waals surface area contributed by atoms with Crippen molar-refractivity contribution in [2.75, 3.05) is 0 Å². The summed E-state index contributed by atoms with van der Waals surface area (Å²) in [6.45, 7) is 1.65. The van der Waals surface area contributed by atoms with Gasteiger partial charge in [-0.25, -0.2) is 9.59 Å². The first-order chi connectivity index (χ1) is 11.0.